The molecule has 0 atom stereocenters. The van der Waals surface area contributed by atoms with Crippen LogP contribution in [0.2, 0.25) is 0 Å². The second-order valence-electron chi connectivity index (χ2n) is 8.41. The van der Waals surface area contributed by atoms with Crippen LogP contribution < -0.4 is 14.8 Å². The number of nitrogens with one attached hydrogen (secondary N) is 1. The van der Waals surface area contributed by atoms with Crippen LogP contribution >= 0.6 is 0 Å². The smallest absolute Gasteiger partial charge is 0.266 e. The lowest BCUT2D eigenvalue weighted by Gasteiger charge is -2.17. The standard InChI is InChI=1S/C31H29N3O3/c1-5-9-24-15-23(16-27(19-33)31(35)34-28-13-12-21(3)22(4)14-28)17-29(36-6-2)30(24)37-20-26-11-8-7-10-25(26)18-32/h5,7-8,10-17H,1,6,9,20H2,2-4H3,(H,34,35)/b27-16+. The molecule has 0 saturated heterocycles. The predicted molar refractivity (Wildman–Crippen MR) is 145 cm³/mol. The van der Waals surface area contributed by atoms with E-state index >= 15 is 0 Å². The number of amides is 1. The number of carbonyl (C=O) groups excluding carboxylic acids is 1. The van der Waals surface area contributed by atoms with Crippen molar-refractivity contribution >= 4 is 17.7 Å². The van der Waals surface area contributed by atoms with Gasteiger partial charge in [-0.3, -0.25) is 4.79 Å². The van der Waals surface area contributed by atoms with Crippen molar-refractivity contribution < 1.29 is 14.3 Å². The van der Waals surface area contributed by atoms with E-state index in [1.807, 2.05) is 57.2 Å². The molecule has 3 aromatic carbocycles. The first-order chi connectivity index (χ1) is 17.9. The maximum atomic E-state index is 12.9. The molecule has 0 unspecified atom stereocenters. The van der Waals surface area contributed by atoms with Crippen LogP contribution in [0.25, 0.3) is 6.08 Å². The summed E-state index contributed by atoms with van der Waals surface area (Å²) in [6, 6.07) is 20.6. The summed E-state index contributed by atoms with van der Waals surface area (Å²) in [5.74, 6) is 0.515. The number of allylic oxidation sites excluding steroid dienone is 1. The van der Waals surface area contributed by atoms with Gasteiger partial charge >= 0.3 is 0 Å². The lowest BCUT2D eigenvalue weighted by Crippen LogP contribution is -2.13. The third kappa shape index (κ3) is 6.87. The normalized spacial score (nSPS) is 10.7. The van der Waals surface area contributed by atoms with Crippen molar-refractivity contribution in [1.29, 1.82) is 10.5 Å². The molecule has 0 bridgehead atoms. The molecular weight excluding hydrogens is 462 g/mol. The van der Waals surface area contributed by atoms with Crippen molar-refractivity contribution in [3.8, 4) is 23.6 Å². The van der Waals surface area contributed by atoms with Gasteiger partial charge in [-0.05, 0) is 80.3 Å². The predicted octanol–water partition coefficient (Wildman–Crippen LogP) is 6.43. The minimum absolute atomic E-state index is 0.0400. The quantitative estimate of drug-likeness (QED) is 0.200. The van der Waals surface area contributed by atoms with Crippen molar-refractivity contribution in [1.82, 2.24) is 0 Å². The number of nitriles is 2. The summed E-state index contributed by atoms with van der Waals surface area (Å²) in [6.45, 7) is 10.2. The zero-order chi connectivity index (χ0) is 26.8. The zero-order valence-electron chi connectivity index (χ0n) is 21.3. The van der Waals surface area contributed by atoms with Crippen molar-refractivity contribution in [2.75, 3.05) is 11.9 Å². The van der Waals surface area contributed by atoms with Crippen molar-refractivity contribution in [3.05, 3.63) is 106 Å². The van der Waals surface area contributed by atoms with E-state index < -0.39 is 5.91 Å². The highest BCUT2D eigenvalue weighted by molar-refractivity contribution is 6.09. The Morgan fingerprint density at radius 2 is 1.81 bits per heavy atom. The van der Waals surface area contributed by atoms with Gasteiger partial charge in [-0.15, -0.1) is 6.58 Å². The molecule has 1 amide bonds. The molecule has 0 aliphatic rings. The Morgan fingerprint density at radius 1 is 1.03 bits per heavy atom. The van der Waals surface area contributed by atoms with E-state index in [1.54, 1.807) is 30.3 Å². The first kappa shape index (κ1) is 26.8. The maximum absolute atomic E-state index is 12.9. The van der Waals surface area contributed by atoms with Gasteiger partial charge in [-0.1, -0.05) is 30.3 Å². The molecule has 0 aliphatic heterocycles. The fourth-order valence-electron chi connectivity index (χ4n) is 3.74. The van der Waals surface area contributed by atoms with E-state index in [9.17, 15) is 15.3 Å². The molecule has 0 saturated carbocycles. The minimum Gasteiger partial charge on any atom is -0.490 e. The highest BCUT2D eigenvalue weighted by Crippen LogP contribution is 2.35. The van der Waals surface area contributed by atoms with Crippen LogP contribution in [0.3, 0.4) is 0 Å². The Kier molecular flexibility index (Phi) is 9.24. The Bertz CT molecular complexity index is 1420. The van der Waals surface area contributed by atoms with Gasteiger partial charge in [0.1, 0.15) is 18.2 Å². The van der Waals surface area contributed by atoms with Gasteiger partial charge in [0, 0.05) is 16.8 Å². The van der Waals surface area contributed by atoms with E-state index in [2.05, 4.69) is 18.0 Å². The summed E-state index contributed by atoms with van der Waals surface area (Å²) in [7, 11) is 0. The lowest BCUT2D eigenvalue weighted by molar-refractivity contribution is -0.112. The Labute approximate surface area is 218 Å². The average Bonchev–Trinajstić information content (AvgIpc) is 2.89. The number of carbonyl (C=O) groups is 1. The van der Waals surface area contributed by atoms with Crippen LogP contribution in [-0.2, 0) is 17.8 Å². The molecule has 0 radical (unpaired) electrons. The summed E-state index contributed by atoms with van der Waals surface area (Å²) in [4.78, 5) is 12.9. The molecule has 186 valence electrons. The summed E-state index contributed by atoms with van der Waals surface area (Å²) in [6.07, 6.45) is 3.75. The number of nitrogens with zero attached hydrogens (tertiary/aromatic N) is 2. The third-order valence-corrected chi connectivity index (χ3v) is 5.77. The Hall–Kier alpha value is -4.81. The second-order valence-corrected chi connectivity index (χ2v) is 8.41. The third-order valence-electron chi connectivity index (χ3n) is 5.77. The SMILES string of the molecule is C=CCc1cc(/C=C(\C#N)C(=O)Nc2ccc(C)c(C)c2)cc(OCC)c1OCc1ccccc1C#N. The highest BCUT2D eigenvalue weighted by atomic mass is 16.5. The van der Waals surface area contributed by atoms with Crippen LogP contribution in [-0.4, -0.2) is 12.5 Å². The summed E-state index contributed by atoms with van der Waals surface area (Å²) in [5.41, 5.74) is 5.45. The maximum Gasteiger partial charge on any atom is 0.266 e. The molecule has 0 aliphatic carbocycles. The monoisotopic (exact) mass is 491 g/mol. The van der Waals surface area contributed by atoms with E-state index in [0.717, 1.165) is 22.3 Å². The molecule has 1 N–H and O–H groups in total. The molecule has 3 rings (SSSR count). The molecule has 0 heterocycles. The molecule has 3 aromatic rings. The summed E-state index contributed by atoms with van der Waals surface area (Å²) < 4.78 is 12.0. The Balaban J connectivity index is 1.95. The van der Waals surface area contributed by atoms with Crippen LogP contribution in [0.1, 0.15) is 40.3 Å². The highest BCUT2D eigenvalue weighted by Gasteiger charge is 2.16. The molecule has 6 nitrogen and oxygen atoms in total. The van der Waals surface area contributed by atoms with Gasteiger partial charge in [0.05, 0.1) is 18.2 Å². The van der Waals surface area contributed by atoms with E-state index in [-0.39, 0.29) is 12.2 Å². The van der Waals surface area contributed by atoms with Crippen LogP contribution in [0.4, 0.5) is 5.69 Å². The lowest BCUT2D eigenvalue weighted by atomic mass is 10.0. The number of aryl methyl sites for hydroxylation is 2. The molecule has 0 fully saturated rings. The van der Waals surface area contributed by atoms with Crippen molar-refractivity contribution in [2.45, 2.75) is 33.8 Å². The first-order valence-corrected chi connectivity index (χ1v) is 11.9. The van der Waals surface area contributed by atoms with Gasteiger partial charge in [-0.25, -0.2) is 0 Å². The van der Waals surface area contributed by atoms with Crippen molar-refractivity contribution in [2.24, 2.45) is 0 Å². The average molecular weight is 492 g/mol. The number of rotatable bonds is 10. The molecule has 0 spiro atoms. The van der Waals surface area contributed by atoms with Crippen molar-refractivity contribution in [3.63, 3.8) is 0 Å². The fraction of sp³-hybridized carbons (Fsp3) is 0.194. The van der Waals surface area contributed by atoms with Crippen LogP contribution in [0.5, 0.6) is 11.5 Å². The molecule has 0 aromatic heterocycles. The van der Waals surface area contributed by atoms with Crippen LogP contribution in [0.15, 0.2) is 72.8 Å². The minimum atomic E-state index is -0.498. The van der Waals surface area contributed by atoms with Gasteiger partial charge in [0.15, 0.2) is 11.5 Å². The van der Waals surface area contributed by atoms with Gasteiger partial charge in [-0.2, -0.15) is 10.5 Å². The van der Waals surface area contributed by atoms with E-state index in [1.165, 1.54) is 6.08 Å². The van der Waals surface area contributed by atoms with Gasteiger partial charge < -0.3 is 14.8 Å². The summed E-state index contributed by atoms with van der Waals surface area (Å²) in [5, 5.41) is 21.9. The molecule has 6 heteroatoms. The topological polar surface area (TPSA) is 95.1 Å². The van der Waals surface area contributed by atoms with Gasteiger partial charge in [0.2, 0.25) is 0 Å². The van der Waals surface area contributed by atoms with Crippen LogP contribution in [0, 0.1) is 36.5 Å². The summed E-state index contributed by atoms with van der Waals surface area (Å²) >= 11 is 0. The fourth-order valence-corrected chi connectivity index (χ4v) is 3.74. The van der Waals surface area contributed by atoms with E-state index in [0.29, 0.717) is 41.3 Å². The second kappa shape index (κ2) is 12.8. The number of anilines is 1. The van der Waals surface area contributed by atoms with Gasteiger partial charge in [0.25, 0.3) is 5.91 Å². The largest absolute Gasteiger partial charge is 0.490 e. The number of ether oxygens (including phenoxy) is 2. The first-order valence-electron chi connectivity index (χ1n) is 11.9. The van der Waals surface area contributed by atoms with E-state index in [4.69, 9.17) is 9.47 Å². The zero-order valence-corrected chi connectivity index (χ0v) is 21.3. The molecule has 37 heavy (non-hydrogen) atoms. The Morgan fingerprint density at radius 3 is 2.49 bits per heavy atom. The number of benzene rings is 3. The number of hydrogen-bond acceptors (Lipinski definition) is 5. The number of hydrogen-bond donors (Lipinski definition) is 1. The molecular formula is C31H29N3O3.